The molecule has 0 aliphatic heterocycles. The number of nitrogens with zero attached hydrogens (tertiary/aromatic N) is 2. The first kappa shape index (κ1) is 14.0. The summed E-state index contributed by atoms with van der Waals surface area (Å²) in [5.41, 5.74) is 0.991. The van der Waals surface area contributed by atoms with E-state index in [2.05, 4.69) is 14.9 Å². The average Bonchev–Trinajstić information content (AvgIpc) is 2.77. The number of hydrogen-bond donors (Lipinski definition) is 1. The molecule has 0 amide bonds. The van der Waals surface area contributed by atoms with Crippen molar-refractivity contribution in [2.45, 2.75) is 20.3 Å². The Labute approximate surface area is 115 Å². The molecule has 0 radical (unpaired) electrons. The van der Waals surface area contributed by atoms with Gasteiger partial charge in [0.25, 0.3) is 0 Å². The summed E-state index contributed by atoms with van der Waals surface area (Å²) in [5.74, 6) is 0.915. The first-order valence-corrected chi connectivity index (χ1v) is 5.97. The third kappa shape index (κ3) is 3.33. The van der Waals surface area contributed by atoms with E-state index in [9.17, 15) is 4.79 Å². The van der Waals surface area contributed by atoms with Crippen LogP contribution in [0.5, 0.6) is 5.88 Å². The fourth-order valence-electron chi connectivity index (χ4n) is 1.70. The minimum Gasteiger partial charge on any atom is -0.477 e. The second-order valence-electron chi connectivity index (χ2n) is 4.10. The lowest BCUT2D eigenvalue weighted by Gasteiger charge is -2.04. The van der Waals surface area contributed by atoms with Crippen LogP contribution in [0.4, 0.5) is 0 Å². The molecular weight excluding hydrogens is 264 g/mol. The quantitative estimate of drug-likeness (QED) is 0.659. The van der Waals surface area contributed by atoms with Crippen LogP contribution >= 0.6 is 0 Å². The zero-order valence-corrected chi connectivity index (χ0v) is 11.1. The SMILES string of the molecule is Cc1nc(CCOc2ccc(C(=O)OO)cn2)c(C)o1. The van der Waals surface area contributed by atoms with Crippen molar-refractivity contribution in [2.75, 3.05) is 6.61 Å². The van der Waals surface area contributed by atoms with Gasteiger partial charge in [0, 0.05) is 25.6 Å². The Balaban J connectivity index is 1.88. The molecule has 7 nitrogen and oxygen atoms in total. The predicted octanol–water partition coefficient (Wildman–Crippen LogP) is 1.94. The van der Waals surface area contributed by atoms with E-state index in [4.69, 9.17) is 14.4 Å². The number of rotatable bonds is 5. The highest BCUT2D eigenvalue weighted by Crippen LogP contribution is 2.12. The molecule has 106 valence electrons. The van der Waals surface area contributed by atoms with Crippen LogP contribution in [0.15, 0.2) is 22.7 Å². The number of carbonyl (C=O) groups is 1. The maximum Gasteiger partial charge on any atom is 0.374 e. The summed E-state index contributed by atoms with van der Waals surface area (Å²) in [6.07, 6.45) is 1.87. The van der Waals surface area contributed by atoms with Crippen molar-refractivity contribution in [3.8, 4) is 5.88 Å². The van der Waals surface area contributed by atoms with Crippen molar-refractivity contribution >= 4 is 5.97 Å². The highest BCUT2D eigenvalue weighted by molar-refractivity contribution is 5.88. The lowest BCUT2D eigenvalue weighted by Crippen LogP contribution is -2.06. The number of pyridine rings is 1. The molecule has 0 aromatic carbocycles. The lowest BCUT2D eigenvalue weighted by molar-refractivity contribution is -0.182. The van der Waals surface area contributed by atoms with Gasteiger partial charge in [-0.25, -0.2) is 14.8 Å². The largest absolute Gasteiger partial charge is 0.477 e. The molecule has 2 heterocycles. The molecule has 7 heteroatoms. The van der Waals surface area contributed by atoms with Gasteiger partial charge in [-0.05, 0) is 13.0 Å². The lowest BCUT2D eigenvalue weighted by atomic mass is 10.3. The molecule has 0 bridgehead atoms. The Bertz CT molecular complexity index is 591. The molecule has 0 saturated carbocycles. The van der Waals surface area contributed by atoms with Crippen LogP contribution in [-0.4, -0.2) is 27.8 Å². The van der Waals surface area contributed by atoms with Gasteiger partial charge in [-0.2, -0.15) is 5.26 Å². The molecule has 0 unspecified atom stereocenters. The van der Waals surface area contributed by atoms with E-state index in [0.29, 0.717) is 24.8 Å². The Morgan fingerprint density at radius 2 is 2.20 bits per heavy atom. The second-order valence-corrected chi connectivity index (χ2v) is 4.10. The molecule has 0 saturated heterocycles. The van der Waals surface area contributed by atoms with Gasteiger partial charge in [0.1, 0.15) is 5.76 Å². The van der Waals surface area contributed by atoms with Gasteiger partial charge in [-0.15, -0.1) is 0 Å². The monoisotopic (exact) mass is 278 g/mol. The van der Waals surface area contributed by atoms with Crippen LogP contribution in [0.3, 0.4) is 0 Å². The number of ether oxygens (including phenoxy) is 1. The van der Waals surface area contributed by atoms with Crippen LogP contribution in [0, 0.1) is 13.8 Å². The van der Waals surface area contributed by atoms with Gasteiger partial charge in [0.15, 0.2) is 5.89 Å². The standard InChI is InChI=1S/C13H14N2O5/c1-8-11(15-9(2)19-8)5-6-18-12-4-3-10(7-14-12)13(16)20-17/h3-4,7,17H,5-6H2,1-2H3. The zero-order chi connectivity index (χ0) is 14.5. The molecule has 1 N–H and O–H groups in total. The molecule has 0 atom stereocenters. The molecule has 0 spiro atoms. The third-order valence-corrected chi connectivity index (χ3v) is 2.64. The molecule has 0 aliphatic carbocycles. The Hall–Kier alpha value is -2.41. The van der Waals surface area contributed by atoms with E-state index in [1.807, 2.05) is 6.92 Å². The average molecular weight is 278 g/mol. The zero-order valence-electron chi connectivity index (χ0n) is 11.1. The summed E-state index contributed by atoms with van der Waals surface area (Å²) in [6, 6.07) is 2.97. The van der Waals surface area contributed by atoms with Crippen LogP contribution in [0.1, 0.15) is 27.7 Å². The normalized spacial score (nSPS) is 10.3. The minimum absolute atomic E-state index is 0.142. The summed E-state index contributed by atoms with van der Waals surface area (Å²) in [5, 5.41) is 8.23. The molecule has 0 aliphatic rings. The molecule has 2 aromatic rings. The van der Waals surface area contributed by atoms with E-state index < -0.39 is 5.97 Å². The highest BCUT2D eigenvalue weighted by Gasteiger charge is 2.09. The van der Waals surface area contributed by atoms with Crippen LogP contribution in [0.25, 0.3) is 0 Å². The number of oxazole rings is 1. The van der Waals surface area contributed by atoms with Gasteiger partial charge < -0.3 is 9.15 Å². The summed E-state index contributed by atoms with van der Waals surface area (Å²) >= 11 is 0. The Kier molecular flexibility index (Phi) is 4.31. The van der Waals surface area contributed by atoms with Crippen molar-refractivity contribution < 1.29 is 24.1 Å². The topological polar surface area (TPSA) is 94.7 Å². The summed E-state index contributed by atoms with van der Waals surface area (Å²) in [4.78, 5) is 22.7. The van der Waals surface area contributed by atoms with E-state index in [0.717, 1.165) is 11.5 Å². The third-order valence-electron chi connectivity index (χ3n) is 2.64. The van der Waals surface area contributed by atoms with Gasteiger partial charge >= 0.3 is 5.97 Å². The van der Waals surface area contributed by atoms with Gasteiger partial charge in [0.05, 0.1) is 17.9 Å². The predicted molar refractivity (Wildman–Crippen MR) is 67.5 cm³/mol. The summed E-state index contributed by atoms with van der Waals surface area (Å²) in [7, 11) is 0. The maximum atomic E-state index is 11.0. The van der Waals surface area contributed by atoms with E-state index in [1.54, 1.807) is 6.92 Å². The Morgan fingerprint density at radius 3 is 2.75 bits per heavy atom. The van der Waals surface area contributed by atoms with Gasteiger partial charge in [-0.3, -0.25) is 4.89 Å². The van der Waals surface area contributed by atoms with Gasteiger partial charge in [-0.1, -0.05) is 0 Å². The first-order valence-electron chi connectivity index (χ1n) is 5.97. The number of carbonyl (C=O) groups excluding carboxylic acids is 1. The summed E-state index contributed by atoms with van der Waals surface area (Å²) < 4.78 is 10.7. The van der Waals surface area contributed by atoms with Crippen molar-refractivity contribution in [1.82, 2.24) is 9.97 Å². The molecule has 2 rings (SSSR count). The Morgan fingerprint density at radius 1 is 1.40 bits per heavy atom. The van der Waals surface area contributed by atoms with Crippen LogP contribution < -0.4 is 4.74 Å². The highest BCUT2D eigenvalue weighted by atomic mass is 17.1. The molecule has 20 heavy (non-hydrogen) atoms. The maximum absolute atomic E-state index is 11.0. The minimum atomic E-state index is -0.863. The fraction of sp³-hybridized carbons (Fsp3) is 0.308. The molecule has 0 fully saturated rings. The van der Waals surface area contributed by atoms with Crippen molar-refractivity contribution in [1.29, 1.82) is 0 Å². The molecular formula is C13H14N2O5. The second kappa shape index (κ2) is 6.16. The smallest absolute Gasteiger partial charge is 0.374 e. The van der Waals surface area contributed by atoms with Crippen molar-refractivity contribution in [3.63, 3.8) is 0 Å². The van der Waals surface area contributed by atoms with E-state index >= 15 is 0 Å². The number of hydrogen-bond acceptors (Lipinski definition) is 7. The number of aromatic nitrogens is 2. The molecule has 2 aromatic heterocycles. The van der Waals surface area contributed by atoms with Crippen LogP contribution in [0.2, 0.25) is 0 Å². The first-order chi connectivity index (χ1) is 9.60. The van der Waals surface area contributed by atoms with Gasteiger partial charge in [0.2, 0.25) is 5.88 Å². The fourth-order valence-corrected chi connectivity index (χ4v) is 1.70. The van der Waals surface area contributed by atoms with E-state index in [1.165, 1.54) is 18.3 Å². The number of aryl methyl sites for hydroxylation is 2. The van der Waals surface area contributed by atoms with Crippen LogP contribution in [-0.2, 0) is 11.3 Å². The van der Waals surface area contributed by atoms with Crippen molar-refractivity contribution in [2.24, 2.45) is 0 Å². The van der Waals surface area contributed by atoms with E-state index in [-0.39, 0.29) is 5.56 Å². The van der Waals surface area contributed by atoms with Crippen molar-refractivity contribution in [3.05, 3.63) is 41.2 Å². The summed E-state index contributed by atoms with van der Waals surface area (Å²) in [6.45, 7) is 4.03.